The van der Waals surface area contributed by atoms with E-state index in [0.29, 0.717) is 6.42 Å². The van der Waals surface area contributed by atoms with Gasteiger partial charge in [0.2, 0.25) is 0 Å². The van der Waals surface area contributed by atoms with E-state index in [1.807, 2.05) is 32.3 Å². The first kappa shape index (κ1) is 12.8. The van der Waals surface area contributed by atoms with Crippen LogP contribution in [0.3, 0.4) is 0 Å². The van der Waals surface area contributed by atoms with Gasteiger partial charge in [0.1, 0.15) is 6.10 Å². The Hall–Kier alpha value is -1.68. The summed E-state index contributed by atoms with van der Waals surface area (Å²) in [4.78, 5) is 4.36. The number of aliphatic hydroxyl groups is 1. The minimum Gasteiger partial charge on any atom is -0.386 e. The Morgan fingerprint density at radius 3 is 2.67 bits per heavy atom. The van der Waals surface area contributed by atoms with E-state index in [0.717, 1.165) is 23.5 Å². The molecule has 2 heterocycles. The van der Waals surface area contributed by atoms with Crippen molar-refractivity contribution in [3.8, 4) is 0 Å². The maximum absolute atomic E-state index is 10.2. The van der Waals surface area contributed by atoms with E-state index in [1.54, 1.807) is 4.68 Å². The highest BCUT2D eigenvalue weighted by Gasteiger charge is 2.14. The topological polar surface area (TPSA) is 50.9 Å². The Morgan fingerprint density at radius 1 is 1.39 bits per heavy atom. The van der Waals surface area contributed by atoms with Crippen LogP contribution < -0.4 is 0 Å². The molecule has 0 radical (unpaired) electrons. The summed E-state index contributed by atoms with van der Waals surface area (Å²) in [5, 5.41) is 14.4. The third kappa shape index (κ3) is 2.76. The molecule has 0 saturated heterocycles. The molecule has 1 N–H and O–H groups in total. The molecule has 4 heteroatoms. The van der Waals surface area contributed by atoms with Crippen molar-refractivity contribution in [2.45, 2.75) is 32.8 Å². The monoisotopic (exact) mass is 245 g/mol. The summed E-state index contributed by atoms with van der Waals surface area (Å²) in [6.07, 6.45) is 2.81. The van der Waals surface area contributed by atoms with Gasteiger partial charge in [-0.2, -0.15) is 5.10 Å². The largest absolute Gasteiger partial charge is 0.386 e. The SMILES string of the molecule is CCc1ccc(CC(O)c2cc(C)nn2C)nc1. The lowest BCUT2D eigenvalue weighted by Crippen LogP contribution is -2.08. The van der Waals surface area contributed by atoms with Crippen molar-refractivity contribution < 1.29 is 5.11 Å². The van der Waals surface area contributed by atoms with E-state index in [4.69, 9.17) is 0 Å². The summed E-state index contributed by atoms with van der Waals surface area (Å²) in [5.41, 5.74) is 3.86. The molecule has 96 valence electrons. The summed E-state index contributed by atoms with van der Waals surface area (Å²) in [6, 6.07) is 5.94. The Kier molecular flexibility index (Phi) is 3.77. The molecule has 1 unspecified atom stereocenters. The maximum Gasteiger partial charge on any atom is 0.101 e. The van der Waals surface area contributed by atoms with Gasteiger partial charge in [0, 0.05) is 25.4 Å². The van der Waals surface area contributed by atoms with E-state index >= 15 is 0 Å². The second kappa shape index (κ2) is 5.31. The zero-order valence-electron chi connectivity index (χ0n) is 11.1. The van der Waals surface area contributed by atoms with Gasteiger partial charge in [-0.15, -0.1) is 0 Å². The number of nitrogens with zero attached hydrogens (tertiary/aromatic N) is 3. The number of hydrogen-bond donors (Lipinski definition) is 1. The van der Waals surface area contributed by atoms with Crippen molar-refractivity contribution in [2.24, 2.45) is 7.05 Å². The molecule has 4 nitrogen and oxygen atoms in total. The fourth-order valence-electron chi connectivity index (χ4n) is 2.03. The zero-order chi connectivity index (χ0) is 13.1. The van der Waals surface area contributed by atoms with Gasteiger partial charge in [-0.25, -0.2) is 0 Å². The first-order valence-corrected chi connectivity index (χ1v) is 6.22. The van der Waals surface area contributed by atoms with Gasteiger partial charge < -0.3 is 5.11 Å². The quantitative estimate of drug-likeness (QED) is 0.896. The van der Waals surface area contributed by atoms with Crippen LogP contribution in [0, 0.1) is 6.92 Å². The molecule has 0 saturated carbocycles. The number of aromatic nitrogens is 3. The third-order valence-corrected chi connectivity index (χ3v) is 3.08. The Bertz CT molecular complexity index is 516. The Balaban J connectivity index is 2.10. The molecule has 0 aliphatic rings. The molecule has 0 amide bonds. The molecule has 0 spiro atoms. The van der Waals surface area contributed by atoms with E-state index in [9.17, 15) is 5.11 Å². The van der Waals surface area contributed by atoms with Crippen LogP contribution in [0.25, 0.3) is 0 Å². The van der Waals surface area contributed by atoms with Crippen LogP contribution >= 0.6 is 0 Å². The second-order valence-electron chi connectivity index (χ2n) is 4.57. The molecule has 0 aliphatic carbocycles. The fraction of sp³-hybridized carbons (Fsp3) is 0.429. The van der Waals surface area contributed by atoms with Gasteiger partial charge in [-0.3, -0.25) is 9.67 Å². The first-order valence-electron chi connectivity index (χ1n) is 6.22. The predicted molar refractivity (Wildman–Crippen MR) is 70.2 cm³/mol. The van der Waals surface area contributed by atoms with Crippen molar-refractivity contribution in [1.82, 2.24) is 14.8 Å². The van der Waals surface area contributed by atoms with Crippen molar-refractivity contribution in [3.63, 3.8) is 0 Å². The summed E-state index contributed by atoms with van der Waals surface area (Å²) in [5.74, 6) is 0. The number of aliphatic hydroxyl groups excluding tert-OH is 1. The van der Waals surface area contributed by atoms with Gasteiger partial charge in [0.25, 0.3) is 0 Å². The highest BCUT2D eigenvalue weighted by molar-refractivity contribution is 5.17. The summed E-state index contributed by atoms with van der Waals surface area (Å²) in [6.45, 7) is 4.02. The van der Waals surface area contributed by atoms with E-state index in [2.05, 4.69) is 23.1 Å². The van der Waals surface area contributed by atoms with Crippen molar-refractivity contribution in [3.05, 3.63) is 47.0 Å². The van der Waals surface area contributed by atoms with E-state index in [-0.39, 0.29) is 0 Å². The minimum atomic E-state index is -0.559. The smallest absolute Gasteiger partial charge is 0.101 e. The summed E-state index contributed by atoms with van der Waals surface area (Å²) < 4.78 is 1.72. The van der Waals surface area contributed by atoms with Gasteiger partial charge in [0.15, 0.2) is 0 Å². The maximum atomic E-state index is 10.2. The van der Waals surface area contributed by atoms with E-state index < -0.39 is 6.10 Å². The van der Waals surface area contributed by atoms with Crippen LogP contribution in [0.5, 0.6) is 0 Å². The fourth-order valence-corrected chi connectivity index (χ4v) is 2.03. The number of rotatable bonds is 4. The molecule has 0 fully saturated rings. The molecular weight excluding hydrogens is 226 g/mol. The molecule has 0 aromatic carbocycles. The van der Waals surface area contributed by atoms with E-state index in [1.165, 1.54) is 5.56 Å². The third-order valence-electron chi connectivity index (χ3n) is 3.08. The minimum absolute atomic E-state index is 0.517. The van der Waals surface area contributed by atoms with Crippen LogP contribution in [0.4, 0.5) is 0 Å². The average molecular weight is 245 g/mol. The molecule has 0 bridgehead atoms. The normalized spacial score (nSPS) is 12.7. The number of hydrogen-bond acceptors (Lipinski definition) is 3. The van der Waals surface area contributed by atoms with Crippen molar-refractivity contribution in [1.29, 1.82) is 0 Å². The highest BCUT2D eigenvalue weighted by atomic mass is 16.3. The lowest BCUT2D eigenvalue weighted by molar-refractivity contribution is 0.167. The van der Waals surface area contributed by atoms with Crippen molar-refractivity contribution in [2.75, 3.05) is 0 Å². The molecule has 2 aromatic rings. The van der Waals surface area contributed by atoms with Crippen LogP contribution in [0.15, 0.2) is 24.4 Å². The van der Waals surface area contributed by atoms with Crippen LogP contribution in [0.2, 0.25) is 0 Å². The predicted octanol–water partition coefficient (Wildman–Crippen LogP) is 1.96. The molecule has 1 atom stereocenters. The van der Waals surface area contributed by atoms with Gasteiger partial charge in [-0.05, 0) is 31.0 Å². The van der Waals surface area contributed by atoms with Gasteiger partial charge >= 0.3 is 0 Å². The second-order valence-corrected chi connectivity index (χ2v) is 4.57. The Labute approximate surface area is 107 Å². The highest BCUT2D eigenvalue weighted by Crippen LogP contribution is 2.17. The average Bonchev–Trinajstić information content (AvgIpc) is 2.69. The van der Waals surface area contributed by atoms with Gasteiger partial charge in [0.05, 0.1) is 11.4 Å². The molecule has 2 rings (SSSR count). The van der Waals surface area contributed by atoms with Crippen LogP contribution in [-0.4, -0.2) is 19.9 Å². The van der Waals surface area contributed by atoms with Gasteiger partial charge in [-0.1, -0.05) is 13.0 Å². The summed E-state index contributed by atoms with van der Waals surface area (Å²) >= 11 is 0. The number of aryl methyl sites for hydroxylation is 3. The molecule has 2 aromatic heterocycles. The molecular formula is C14H19N3O. The van der Waals surface area contributed by atoms with Crippen LogP contribution in [-0.2, 0) is 19.9 Å². The van der Waals surface area contributed by atoms with Crippen LogP contribution in [0.1, 0.15) is 35.7 Å². The summed E-state index contributed by atoms with van der Waals surface area (Å²) in [7, 11) is 1.85. The molecule has 18 heavy (non-hydrogen) atoms. The Morgan fingerprint density at radius 2 is 2.17 bits per heavy atom. The number of pyridine rings is 1. The zero-order valence-corrected chi connectivity index (χ0v) is 11.1. The lowest BCUT2D eigenvalue weighted by Gasteiger charge is -2.10. The molecule has 0 aliphatic heterocycles. The first-order chi connectivity index (χ1) is 8.60. The van der Waals surface area contributed by atoms with Crippen molar-refractivity contribution >= 4 is 0 Å². The standard InChI is InChI=1S/C14H19N3O/c1-4-11-5-6-12(15-9-11)8-14(18)13-7-10(2)16-17(13)3/h5-7,9,14,18H,4,8H2,1-3H3. The lowest BCUT2D eigenvalue weighted by atomic mass is 10.1.